The number of hydrogen-bond donors (Lipinski definition) is 1. The molecule has 1 N–H and O–H groups in total. The van der Waals surface area contributed by atoms with Crippen molar-refractivity contribution in [2.45, 2.75) is 26.5 Å². The summed E-state index contributed by atoms with van der Waals surface area (Å²) in [4.78, 5) is 12.2. The van der Waals surface area contributed by atoms with E-state index in [1.54, 1.807) is 11.3 Å². The number of halogens is 1. The van der Waals surface area contributed by atoms with Crippen molar-refractivity contribution in [3.05, 3.63) is 20.8 Å². The van der Waals surface area contributed by atoms with Crippen molar-refractivity contribution in [3.63, 3.8) is 0 Å². The summed E-state index contributed by atoms with van der Waals surface area (Å²) in [6, 6.07) is 3.92. The number of carbonyl (C=O) groups is 1. The fourth-order valence-corrected chi connectivity index (χ4v) is 2.28. The van der Waals surface area contributed by atoms with Gasteiger partial charge in [-0.2, -0.15) is 0 Å². The minimum atomic E-state index is -0.371. The van der Waals surface area contributed by atoms with E-state index in [2.05, 4.69) is 21.2 Å². The number of rotatable bonds is 3. The quantitative estimate of drug-likeness (QED) is 0.922. The zero-order valence-corrected chi connectivity index (χ0v) is 10.4. The maximum atomic E-state index is 11.1. The van der Waals surface area contributed by atoms with Crippen LogP contribution in [-0.2, 0) is 11.3 Å². The first-order valence-electron chi connectivity index (χ1n) is 4.26. The van der Waals surface area contributed by atoms with Gasteiger partial charge < -0.3 is 10.1 Å². The van der Waals surface area contributed by atoms with E-state index in [1.807, 2.05) is 26.0 Å². The van der Waals surface area contributed by atoms with E-state index in [1.165, 1.54) is 0 Å². The molecule has 0 radical (unpaired) electrons. The van der Waals surface area contributed by atoms with Crippen LogP contribution in [0.3, 0.4) is 0 Å². The summed E-state index contributed by atoms with van der Waals surface area (Å²) in [5.41, 5.74) is 0. The highest BCUT2D eigenvalue weighted by molar-refractivity contribution is 9.11. The summed E-state index contributed by atoms with van der Waals surface area (Å²) in [7, 11) is 0. The van der Waals surface area contributed by atoms with Crippen LogP contribution in [0.4, 0.5) is 4.79 Å². The molecule has 0 saturated carbocycles. The largest absolute Gasteiger partial charge is 0.447 e. The Kier molecular flexibility index (Phi) is 4.41. The molecule has 3 nitrogen and oxygen atoms in total. The van der Waals surface area contributed by atoms with E-state index >= 15 is 0 Å². The maximum Gasteiger partial charge on any atom is 0.407 e. The van der Waals surface area contributed by atoms with Gasteiger partial charge in [-0.1, -0.05) is 0 Å². The Balaban J connectivity index is 2.30. The molecule has 1 aromatic rings. The molecule has 0 aliphatic carbocycles. The van der Waals surface area contributed by atoms with Crippen molar-refractivity contribution in [1.82, 2.24) is 5.32 Å². The first kappa shape index (κ1) is 11.5. The van der Waals surface area contributed by atoms with Gasteiger partial charge in [0.05, 0.1) is 16.4 Å². The molecule has 0 atom stereocenters. The van der Waals surface area contributed by atoms with Crippen molar-refractivity contribution in [2.75, 3.05) is 0 Å². The Bertz CT molecular complexity index is 312. The summed E-state index contributed by atoms with van der Waals surface area (Å²) >= 11 is 4.95. The van der Waals surface area contributed by atoms with E-state index in [9.17, 15) is 4.79 Å². The fourth-order valence-electron chi connectivity index (χ4n) is 0.862. The van der Waals surface area contributed by atoms with Gasteiger partial charge in [-0.05, 0) is 41.9 Å². The van der Waals surface area contributed by atoms with Crippen molar-refractivity contribution < 1.29 is 9.53 Å². The van der Waals surface area contributed by atoms with Gasteiger partial charge in [0.15, 0.2) is 0 Å². The normalized spacial score (nSPS) is 10.3. The number of thiophene rings is 1. The minimum Gasteiger partial charge on any atom is -0.447 e. The third kappa shape index (κ3) is 4.11. The lowest BCUT2D eigenvalue weighted by molar-refractivity contribution is 0.115. The molecule has 1 aromatic heterocycles. The number of nitrogens with one attached hydrogen (secondary N) is 1. The van der Waals surface area contributed by atoms with Crippen molar-refractivity contribution >= 4 is 33.4 Å². The number of alkyl carbamates (subject to hydrolysis) is 1. The van der Waals surface area contributed by atoms with Gasteiger partial charge in [0, 0.05) is 4.88 Å². The number of ether oxygens (including phenoxy) is 1. The molecular weight excluding hydrogens is 266 g/mol. The molecule has 0 aromatic carbocycles. The number of amides is 1. The zero-order chi connectivity index (χ0) is 10.6. The predicted molar refractivity (Wildman–Crippen MR) is 60.5 cm³/mol. The number of hydrogen-bond acceptors (Lipinski definition) is 3. The molecule has 0 unspecified atom stereocenters. The Labute approximate surface area is 95.6 Å². The van der Waals surface area contributed by atoms with Crippen LogP contribution < -0.4 is 5.32 Å². The second-order valence-corrected chi connectivity index (χ2v) is 5.56. The Morgan fingerprint density at radius 1 is 1.64 bits per heavy atom. The second-order valence-electron chi connectivity index (χ2n) is 3.01. The van der Waals surface area contributed by atoms with Crippen LogP contribution in [0.1, 0.15) is 18.7 Å². The summed E-state index contributed by atoms with van der Waals surface area (Å²) in [6.45, 7) is 4.16. The second kappa shape index (κ2) is 5.36. The highest BCUT2D eigenvalue weighted by atomic mass is 79.9. The van der Waals surface area contributed by atoms with E-state index in [4.69, 9.17) is 4.74 Å². The third-order valence-electron chi connectivity index (χ3n) is 1.38. The lowest BCUT2D eigenvalue weighted by Gasteiger charge is -2.08. The highest BCUT2D eigenvalue weighted by Gasteiger charge is 2.04. The monoisotopic (exact) mass is 277 g/mol. The lowest BCUT2D eigenvalue weighted by Crippen LogP contribution is -2.25. The van der Waals surface area contributed by atoms with E-state index in [0.717, 1.165) is 8.66 Å². The molecule has 1 amide bonds. The van der Waals surface area contributed by atoms with Gasteiger partial charge in [-0.3, -0.25) is 0 Å². The van der Waals surface area contributed by atoms with Gasteiger partial charge >= 0.3 is 6.09 Å². The van der Waals surface area contributed by atoms with Crippen molar-refractivity contribution in [1.29, 1.82) is 0 Å². The Morgan fingerprint density at radius 2 is 2.36 bits per heavy atom. The Hall–Kier alpha value is -0.550. The summed E-state index contributed by atoms with van der Waals surface area (Å²) in [5, 5.41) is 2.67. The molecule has 1 rings (SSSR count). The molecule has 5 heteroatoms. The van der Waals surface area contributed by atoms with E-state index < -0.39 is 0 Å². The van der Waals surface area contributed by atoms with Crippen LogP contribution in [0.25, 0.3) is 0 Å². The van der Waals surface area contributed by atoms with Gasteiger partial charge in [-0.25, -0.2) is 4.79 Å². The molecular formula is C9H12BrNO2S. The molecule has 14 heavy (non-hydrogen) atoms. The average Bonchev–Trinajstić information content (AvgIpc) is 2.47. The maximum absolute atomic E-state index is 11.1. The van der Waals surface area contributed by atoms with Crippen LogP contribution >= 0.6 is 27.3 Å². The van der Waals surface area contributed by atoms with Gasteiger partial charge in [0.1, 0.15) is 0 Å². The average molecular weight is 278 g/mol. The molecule has 1 heterocycles. The van der Waals surface area contributed by atoms with Crippen LogP contribution in [0, 0.1) is 0 Å². The molecule has 78 valence electrons. The highest BCUT2D eigenvalue weighted by Crippen LogP contribution is 2.21. The van der Waals surface area contributed by atoms with Crippen molar-refractivity contribution in [3.8, 4) is 0 Å². The van der Waals surface area contributed by atoms with Crippen LogP contribution in [0.2, 0.25) is 0 Å². The lowest BCUT2D eigenvalue weighted by atomic mass is 10.5. The smallest absolute Gasteiger partial charge is 0.407 e. The van der Waals surface area contributed by atoms with Crippen molar-refractivity contribution in [2.24, 2.45) is 0 Å². The first-order chi connectivity index (χ1) is 6.58. The number of carbonyl (C=O) groups excluding carboxylic acids is 1. The predicted octanol–water partition coefficient (Wildman–Crippen LogP) is 3.15. The molecule has 0 aliphatic rings. The molecule has 0 saturated heterocycles. The summed E-state index contributed by atoms with van der Waals surface area (Å²) < 4.78 is 5.98. The topological polar surface area (TPSA) is 38.3 Å². The molecule has 0 fully saturated rings. The molecule has 0 spiro atoms. The summed E-state index contributed by atoms with van der Waals surface area (Å²) in [5.74, 6) is 0. The Morgan fingerprint density at radius 3 is 2.86 bits per heavy atom. The first-order valence-corrected chi connectivity index (χ1v) is 5.87. The molecule has 0 aliphatic heterocycles. The molecule has 0 bridgehead atoms. The van der Waals surface area contributed by atoms with E-state index in [-0.39, 0.29) is 12.2 Å². The van der Waals surface area contributed by atoms with Crippen LogP contribution in [0.15, 0.2) is 15.9 Å². The minimum absolute atomic E-state index is 0.0786. The fraction of sp³-hybridized carbons (Fsp3) is 0.444. The van der Waals surface area contributed by atoms with E-state index in [0.29, 0.717) is 6.54 Å². The van der Waals surface area contributed by atoms with Crippen LogP contribution in [-0.4, -0.2) is 12.2 Å². The van der Waals surface area contributed by atoms with Gasteiger partial charge in [0.25, 0.3) is 0 Å². The summed E-state index contributed by atoms with van der Waals surface area (Å²) in [6.07, 6.45) is -0.449. The van der Waals surface area contributed by atoms with Gasteiger partial charge in [-0.15, -0.1) is 11.3 Å². The third-order valence-corrected chi connectivity index (χ3v) is 3.00. The zero-order valence-electron chi connectivity index (χ0n) is 8.04. The SMILES string of the molecule is CC(C)OC(=O)NCc1ccc(Br)s1. The standard InChI is InChI=1S/C9H12BrNO2S/c1-6(2)13-9(12)11-5-7-3-4-8(10)14-7/h3-4,6H,5H2,1-2H3,(H,11,12). The van der Waals surface area contributed by atoms with Gasteiger partial charge in [0.2, 0.25) is 0 Å². The van der Waals surface area contributed by atoms with Crippen LogP contribution in [0.5, 0.6) is 0 Å².